The van der Waals surface area contributed by atoms with Crippen LogP contribution in [-0.2, 0) is 4.79 Å². The van der Waals surface area contributed by atoms with Crippen molar-refractivity contribution >= 4 is 11.6 Å². The molecule has 1 aliphatic rings. The topological polar surface area (TPSA) is 67.2 Å². The van der Waals surface area contributed by atoms with E-state index in [2.05, 4.69) is 15.6 Å². The van der Waals surface area contributed by atoms with Crippen molar-refractivity contribution in [3.05, 3.63) is 36.9 Å². The summed E-state index contributed by atoms with van der Waals surface area (Å²) < 4.78 is 5.28. The van der Waals surface area contributed by atoms with Crippen LogP contribution in [-0.4, -0.2) is 23.0 Å². The molecular formula is C16H19N3O2. The molecule has 0 spiro atoms. The molecule has 1 amide bonds. The molecule has 0 radical (unpaired) electrons. The Morgan fingerprint density at radius 1 is 1.52 bits per heavy atom. The van der Waals surface area contributed by atoms with Gasteiger partial charge in [0.25, 0.3) is 0 Å². The third-order valence-electron chi connectivity index (χ3n) is 4.12. The van der Waals surface area contributed by atoms with Gasteiger partial charge in [0.1, 0.15) is 0 Å². The number of anilines is 1. The number of hydrogen-bond donors (Lipinski definition) is 2. The number of hydrogen-bond acceptors (Lipinski definition) is 4. The molecule has 0 aliphatic carbocycles. The van der Waals surface area contributed by atoms with Crippen LogP contribution in [0.3, 0.4) is 0 Å². The van der Waals surface area contributed by atoms with E-state index in [9.17, 15) is 4.79 Å². The number of oxazole rings is 1. The molecule has 110 valence electrons. The van der Waals surface area contributed by atoms with E-state index in [1.165, 1.54) is 6.39 Å². The molecule has 21 heavy (non-hydrogen) atoms. The Balaban J connectivity index is 1.79. The van der Waals surface area contributed by atoms with Crippen molar-refractivity contribution in [3.8, 4) is 11.3 Å². The fraction of sp³-hybridized carbons (Fsp3) is 0.375. The van der Waals surface area contributed by atoms with Crippen LogP contribution in [0.4, 0.5) is 5.69 Å². The van der Waals surface area contributed by atoms with Crippen LogP contribution >= 0.6 is 0 Å². The number of carbonyl (C=O) groups is 1. The number of carbonyl (C=O) groups excluding carboxylic acids is 1. The fourth-order valence-electron chi connectivity index (χ4n) is 2.82. The van der Waals surface area contributed by atoms with E-state index >= 15 is 0 Å². The summed E-state index contributed by atoms with van der Waals surface area (Å²) in [5.74, 6) is 0.729. The Hall–Kier alpha value is -2.14. The average Bonchev–Trinajstić information content (AvgIpc) is 3.20. The van der Waals surface area contributed by atoms with E-state index in [-0.39, 0.29) is 5.91 Å². The summed E-state index contributed by atoms with van der Waals surface area (Å²) >= 11 is 0. The number of benzene rings is 1. The van der Waals surface area contributed by atoms with Crippen LogP contribution in [0.1, 0.15) is 26.2 Å². The lowest BCUT2D eigenvalue weighted by atomic mass is 9.93. The SMILES string of the molecule is CCC1(C(=O)Nc2cccc(-c3cnco3)c2)CCCN1. The molecule has 5 nitrogen and oxygen atoms in total. The quantitative estimate of drug-likeness (QED) is 0.906. The lowest BCUT2D eigenvalue weighted by molar-refractivity contribution is -0.122. The maximum Gasteiger partial charge on any atom is 0.244 e. The number of amides is 1. The lowest BCUT2D eigenvalue weighted by Crippen LogP contribution is -2.50. The highest BCUT2D eigenvalue weighted by Crippen LogP contribution is 2.26. The first-order valence-electron chi connectivity index (χ1n) is 7.29. The third-order valence-corrected chi connectivity index (χ3v) is 4.12. The summed E-state index contributed by atoms with van der Waals surface area (Å²) in [6, 6.07) is 7.61. The van der Waals surface area contributed by atoms with E-state index < -0.39 is 5.54 Å². The molecular weight excluding hydrogens is 266 g/mol. The smallest absolute Gasteiger partial charge is 0.244 e. The van der Waals surface area contributed by atoms with Gasteiger partial charge >= 0.3 is 0 Å². The minimum absolute atomic E-state index is 0.0391. The molecule has 2 heterocycles. The summed E-state index contributed by atoms with van der Waals surface area (Å²) in [6.45, 7) is 2.95. The van der Waals surface area contributed by atoms with Crippen LogP contribution in [0.15, 0.2) is 41.3 Å². The predicted octanol–water partition coefficient (Wildman–Crippen LogP) is 2.81. The van der Waals surface area contributed by atoms with E-state index in [1.54, 1.807) is 6.20 Å². The number of nitrogens with zero attached hydrogens (tertiary/aromatic N) is 1. The van der Waals surface area contributed by atoms with E-state index in [0.29, 0.717) is 5.76 Å². The van der Waals surface area contributed by atoms with Crippen LogP contribution in [0, 0.1) is 0 Å². The maximum absolute atomic E-state index is 12.6. The van der Waals surface area contributed by atoms with Crippen molar-refractivity contribution in [3.63, 3.8) is 0 Å². The van der Waals surface area contributed by atoms with Gasteiger partial charge in [-0.15, -0.1) is 0 Å². The van der Waals surface area contributed by atoms with E-state index in [1.807, 2.05) is 31.2 Å². The minimum atomic E-state index is -0.428. The van der Waals surface area contributed by atoms with Crippen LogP contribution in [0.2, 0.25) is 0 Å². The van der Waals surface area contributed by atoms with Crippen molar-refractivity contribution in [1.29, 1.82) is 0 Å². The fourth-order valence-corrected chi connectivity index (χ4v) is 2.82. The van der Waals surface area contributed by atoms with Gasteiger partial charge < -0.3 is 15.1 Å². The molecule has 0 bridgehead atoms. The number of rotatable bonds is 4. The molecule has 1 aromatic heterocycles. The first kappa shape index (κ1) is 13.8. The maximum atomic E-state index is 12.6. The molecule has 1 aliphatic heterocycles. The van der Waals surface area contributed by atoms with Gasteiger partial charge in [-0.25, -0.2) is 4.98 Å². The molecule has 2 aromatic rings. The van der Waals surface area contributed by atoms with Crippen LogP contribution in [0.25, 0.3) is 11.3 Å². The summed E-state index contributed by atoms with van der Waals surface area (Å²) in [4.78, 5) is 16.5. The Kier molecular flexibility index (Phi) is 3.75. The largest absolute Gasteiger partial charge is 0.444 e. The summed E-state index contributed by atoms with van der Waals surface area (Å²) in [5, 5.41) is 6.36. The lowest BCUT2D eigenvalue weighted by Gasteiger charge is -2.26. The van der Waals surface area contributed by atoms with Gasteiger partial charge in [0.05, 0.1) is 11.7 Å². The van der Waals surface area contributed by atoms with Gasteiger partial charge in [-0.3, -0.25) is 4.79 Å². The molecule has 1 unspecified atom stereocenters. The molecule has 1 atom stereocenters. The first-order valence-corrected chi connectivity index (χ1v) is 7.29. The second-order valence-electron chi connectivity index (χ2n) is 5.37. The normalized spacial score (nSPS) is 21.4. The summed E-state index contributed by atoms with van der Waals surface area (Å²) in [5.41, 5.74) is 1.24. The van der Waals surface area contributed by atoms with Crippen molar-refractivity contribution in [2.24, 2.45) is 0 Å². The molecule has 1 fully saturated rings. The van der Waals surface area contributed by atoms with Gasteiger partial charge in [-0.2, -0.15) is 0 Å². The molecule has 2 N–H and O–H groups in total. The van der Waals surface area contributed by atoms with Gasteiger partial charge in [0.15, 0.2) is 12.2 Å². The monoisotopic (exact) mass is 285 g/mol. The molecule has 1 aromatic carbocycles. The van der Waals surface area contributed by atoms with E-state index in [4.69, 9.17) is 4.42 Å². The molecule has 1 saturated heterocycles. The van der Waals surface area contributed by atoms with Crippen LogP contribution < -0.4 is 10.6 Å². The third kappa shape index (κ3) is 2.69. The molecule has 5 heteroatoms. The standard InChI is InChI=1S/C16H19N3O2/c1-2-16(7-4-8-18-16)15(20)19-13-6-3-5-12(9-13)14-10-17-11-21-14/h3,5-6,9-11,18H,2,4,7-8H2,1H3,(H,19,20). The zero-order valence-electron chi connectivity index (χ0n) is 12.1. The zero-order chi connectivity index (χ0) is 14.7. The Morgan fingerprint density at radius 2 is 2.43 bits per heavy atom. The second kappa shape index (κ2) is 5.69. The van der Waals surface area contributed by atoms with Crippen molar-refractivity contribution < 1.29 is 9.21 Å². The highest BCUT2D eigenvalue weighted by molar-refractivity contribution is 5.98. The summed E-state index contributed by atoms with van der Waals surface area (Å²) in [6.07, 6.45) is 5.78. The van der Waals surface area contributed by atoms with E-state index in [0.717, 1.165) is 37.1 Å². The predicted molar refractivity (Wildman–Crippen MR) is 80.8 cm³/mol. The van der Waals surface area contributed by atoms with Gasteiger partial charge in [-0.05, 0) is 37.9 Å². The van der Waals surface area contributed by atoms with Crippen molar-refractivity contribution in [1.82, 2.24) is 10.3 Å². The Bertz CT molecular complexity index is 616. The van der Waals surface area contributed by atoms with Gasteiger partial charge in [0.2, 0.25) is 5.91 Å². The second-order valence-corrected chi connectivity index (χ2v) is 5.37. The Morgan fingerprint density at radius 3 is 3.10 bits per heavy atom. The van der Waals surface area contributed by atoms with Gasteiger partial charge in [0, 0.05) is 11.3 Å². The van der Waals surface area contributed by atoms with Crippen molar-refractivity contribution in [2.45, 2.75) is 31.7 Å². The zero-order valence-corrected chi connectivity index (χ0v) is 12.1. The average molecular weight is 285 g/mol. The molecule has 3 rings (SSSR count). The van der Waals surface area contributed by atoms with Crippen LogP contribution in [0.5, 0.6) is 0 Å². The highest BCUT2D eigenvalue weighted by atomic mass is 16.3. The number of nitrogens with one attached hydrogen (secondary N) is 2. The highest BCUT2D eigenvalue weighted by Gasteiger charge is 2.39. The Labute approximate surface area is 123 Å². The number of aromatic nitrogens is 1. The van der Waals surface area contributed by atoms with Crippen molar-refractivity contribution in [2.75, 3.05) is 11.9 Å². The summed E-state index contributed by atoms with van der Waals surface area (Å²) in [7, 11) is 0. The first-order chi connectivity index (χ1) is 10.2. The van der Waals surface area contributed by atoms with Gasteiger partial charge in [-0.1, -0.05) is 19.1 Å². The minimum Gasteiger partial charge on any atom is -0.444 e. The molecule has 0 saturated carbocycles.